The zero-order valence-corrected chi connectivity index (χ0v) is 12.7. The molecule has 2 aromatic rings. The van der Waals surface area contributed by atoms with Gasteiger partial charge in [0, 0.05) is 24.3 Å². The largest absolute Gasteiger partial charge is 0.399 e. The van der Waals surface area contributed by atoms with Gasteiger partial charge in [-0.15, -0.1) is 0 Å². The van der Waals surface area contributed by atoms with Crippen molar-refractivity contribution < 1.29 is 4.79 Å². The van der Waals surface area contributed by atoms with E-state index in [1.807, 2.05) is 49.1 Å². The van der Waals surface area contributed by atoms with Crippen LogP contribution in [0.4, 0.5) is 5.69 Å². The van der Waals surface area contributed by atoms with Gasteiger partial charge in [0.25, 0.3) is 5.91 Å². The minimum absolute atomic E-state index is 0.0749. The van der Waals surface area contributed by atoms with Crippen LogP contribution < -0.4 is 5.73 Å². The highest BCUT2D eigenvalue weighted by Gasteiger charge is 2.16. The number of carbonyl (C=O) groups excluding carboxylic acids is 1. The van der Waals surface area contributed by atoms with E-state index in [9.17, 15) is 4.79 Å². The van der Waals surface area contributed by atoms with Crippen molar-refractivity contribution in [2.45, 2.75) is 20.3 Å². The van der Waals surface area contributed by atoms with Crippen molar-refractivity contribution in [2.75, 3.05) is 18.8 Å². The first-order chi connectivity index (χ1) is 10.1. The molecule has 0 unspecified atom stereocenters. The lowest BCUT2D eigenvalue weighted by Gasteiger charge is -2.22. The minimum atomic E-state index is 0.0749. The van der Waals surface area contributed by atoms with Gasteiger partial charge in [-0.25, -0.2) is 0 Å². The van der Waals surface area contributed by atoms with E-state index in [-0.39, 0.29) is 5.91 Å². The fourth-order valence-corrected chi connectivity index (χ4v) is 2.41. The lowest BCUT2D eigenvalue weighted by Crippen LogP contribution is -2.33. The Bertz CT molecular complexity index is 608. The fraction of sp³-hybridized carbons (Fsp3) is 0.278. The molecule has 0 aliphatic heterocycles. The van der Waals surface area contributed by atoms with Gasteiger partial charge in [0.15, 0.2) is 0 Å². The Balaban J connectivity index is 2.08. The number of benzene rings is 2. The molecule has 0 bridgehead atoms. The maximum absolute atomic E-state index is 12.6. The van der Waals surface area contributed by atoms with Crippen molar-refractivity contribution in [3.8, 4) is 0 Å². The number of nitrogen functional groups attached to an aromatic ring is 1. The first-order valence-corrected chi connectivity index (χ1v) is 7.31. The van der Waals surface area contributed by atoms with Crippen molar-refractivity contribution >= 4 is 11.6 Å². The van der Waals surface area contributed by atoms with Crippen LogP contribution in [-0.2, 0) is 6.42 Å². The molecule has 0 aliphatic rings. The Morgan fingerprint density at radius 2 is 1.86 bits per heavy atom. The lowest BCUT2D eigenvalue weighted by molar-refractivity contribution is 0.0765. The lowest BCUT2D eigenvalue weighted by atomic mass is 10.1. The second-order valence-electron chi connectivity index (χ2n) is 5.19. The predicted molar refractivity (Wildman–Crippen MR) is 87.3 cm³/mol. The first kappa shape index (κ1) is 15.1. The summed E-state index contributed by atoms with van der Waals surface area (Å²) >= 11 is 0. The van der Waals surface area contributed by atoms with Crippen LogP contribution in [-0.4, -0.2) is 23.9 Å². The van der Waals surface area contributed by atoms with Crippen molar-refractivity contribution in [2.24, 2.45) is 0 Å². The summed E-state index contributed by atoms with van der Waals surface area (Å²) in [5.41, 5.74) is 9.35. The summed E-state index contributed by atoms with van der Waals surface area (Å²) < 4.78 is 0. The molecule has 1 amide bonds. The molecule has 0 spiro atoms. The predicted octanol–water partition coefficient (Wildman–Crippen LogP) is 3.28. The highest BCUT2D eigenvalue weighted by atomic mass is 16.2. The van der Waals surface area contributed by atoms with Crippen LogP contribution >= 0.6 is 0 Å². The summed E-state index contributed by atoms with van der Waals surface area (Å²) in [5.74, 6) is 0.0749. The molecule has 3 heteroatoms. The second-order valence-corrected chi connectivity index (χ2v) is 5.19. The zero-order chi connectivity index (χ0) is 15.2. The summed E-state index contributed by atoms with van der Waals surface area (Å²) in [5, 5.41) is 0. The number of amides is 1. The Labute approximate surface area is 126 Å². The van der Waals surface area contributed by atoms with E-state index in [0.29, 0.717) is 12.2 Å². The van der Waals surface area contributed by atoms with Crippen molar-refractivity contribution in [3.05, 3.63) is 65.2 Å². The van der Waals surface area contributed by atoms with Gasteiger partial charge in [0.05, 0.1) is 0 Å². The molecule has 0 fully saturated rings. The van der Waals surface area contributed by atoms with Gasteiger partial charge in [-0.2, -0.15) is 0 Å². The van der Waals surface area contributed by atoms with E-state index in [4.69, 9.17) is 5.73 Å². The third-order valence-corrected chi connectivity index (χ3v) is 3.66. The molecule has 110 valence electrons. The van der Waals surface area contributed by atoms with Gasteiger partial charge in [0.1, 0.15) is 0 Å². The number of anilines is 1. The van der Waals surface area contributed by atoms with E-state index in [0.717, 1.165) is 24.1 Å². The number of rotatable bonds is 5. The molecule has 0 saturated carbocycles. The Hall–Kier alpha value is -2.29. The SMILES string of the molecule is CCN(CCc1ccccc1)C(=O)c1ccc(N)cc1C. The summed E-state index contributed by atoms with van der Waals surface area (Å²) in [6, 6.07) is 15.7. The van der Waals surface area contributed by atoms with Crippen LogP contribution in [0.2, 0.25) is 0 Å². The monoisotopic (exact) mass is 282 g/mol. The van der Waals surface area contributed by atoms with Crippen molar-refractivity contribution in [1.29, 1.82) is 0 Å². The van der Waals surface area contributed by atoms with Gasteiger partial charge in [0.2, 0.25) is 0 Å². The topological polar surface area (TPSA) is 46.3 Å². The number of carbonyl (C=O) groups is 1. The van der Waals surface area contributed by atoms with Crippen LogP contribution in [0.3, 0.4) is 0 Å². The summed E-state index contributed by atoms with van der Waals surface area (Å²) in [7, 11) is 0. The Morgan fingerprint density at radius 3 is 2.48 bits per heavy atom. The van der Waals surface area contributed by atoms with Gasteiger partial charge >= 0.3 is 0 Å². The van der Waals surface area contributed by atoms with Crippen LogP contribution in [0.5, 0.6) is 0 Å². The van der Waals surface area contributed by atoms with Crippen LogP contribution in [0.1, 0.15) is 28.4 Å². The van der Waals surface area contributed by atoms with E-state index in [1.54, 1.807) is 6.07 Å². The highest BCUT2D eigenvalue weighted by molar-refractivity contribution is 5.96. The van der Waals surface area contributed by atoms with E-state index >= 15 is 0 Å². The highest BCUT2D eigenvalue weighted by Crippen LogP contribution is 2.15. The molecule has 21 heavy (non-hydrogen) atoms. The molecule has 0 heterocycles. The zero-order valence-electron chi connectivity index (χ0n) is 12.7. The molecule has 0 atom stereocenters. The third kappa shape index (κ3) is 3.85. The standard InChI is InChI=1S/C18H22N2O/c1-3-20(12-11-15-7-5-4-6-8-15)18(21)17-10-9-16(19)13-14(17)2/h4-10,13H,3,11-12,19H2,1-2H3. The molecule has 3 nitrogen and oxygen atoms in total. The molecular formula is C18H22N2O. The Morgan fingerprint density at radius 1 is 1.14 bits per heavy atom. The number of nitrogens with two attached hydrogens (primary N) is 1. The normalized spacial score (nSPS) is 10.4. The number of likely N-dealkylation sites (N-methyl/N-ethyl adjacent to an activating group) is 1. The van der Waals surface area contributed by atoms with Gasteiger partial charge in [-0.3, -0.25) is 4.79 Å². The number of hydrogen-bond acceptors (Lipinski definition) is 2. The molecule has 2 N–H and O–H groups in total. The molecule has 2 aromatic carbocycles. The molecule has 0 aliphatic carbocycles. The molecule has 0 radical (unpaired) electrons. The van der Waals surface area contributed by atoms with E-state index in [2.05, 4.69) is 12.1 Å². The van der Waals surface area contributed by atoms with Gasteiger partial charge in [-0.1, -0.05) is 30.3 Å². The van der Waals surface area contributed by atoms with Crippen LogP contribution in [0.25, 0.3) is 0 Å². The smallest absolute Gasteiger partial charge is 0.254 e. The third-order valence-electron chi connectivity index (χ3n) is 3.66. The second kappa shape index (κ2) is 6.93. The van der Waals surface area contributed by atoms with E-state index < -0.39 is 0 Å². The summed E-state index contributed by atoms with van der Waals surface area (Å²) in [4.78, 5) is 14.5. The molecule has 0 aromatic heterocycles. The van der Waals surface area contributed by atoms with Crippen LogP contribution in [0, 0.1) is 6.92 Å². The van der Waals surface area contributed by atoms with Gasteiger partial charge in [-0.05, 0) is 49.6 Å². The number of nitrogens with zero attached hydrogens (tertiary/aromatic N) is 1. The minimum Gasteiger partial charge on any atom is -0.399 e. The summed E-state index contributed by atoms with van der Waals surface area (Å²) in [6.45, 7) is 5.36. The maximum Gasteiger partial charge on any atom is 0.254 e. The van der Waals surface area contributed by atoms with E-state index in [1.165, 1.54) is 5.56 Å². The summed E-state index contributed by atoms with van der Waals surface area (Å²) in [6.07, 6.45) is 0.869. The van der Waals surface area contributed by atoms with Crippen LogP contribution in [0.15, 0.2) is 48.5 Å². The first-order valence-electron chi connectivity index (χ1n) is 7.31. The molecule has 0 saturated heterocycles. The Kier molecular flexibility index (Phi) is 4.99. The van der Waals surface area contributed by atoms with Gasteiger partial charge < -0.3 is 10.6 Å². The van der Waals surface area contributed by atoms with Crippen molar-refractivity contribution in [3.63, 3.8) is 0 Å². The molecule has 2 rings (SSSR count). The average molecular weight is 282 g/mol. The average Bonchev–Trinajstić information content (AvgIpc) is 2.48. The van der Waals surface area contributed by atoms with Crippen molar-refractivity contribution in [1.82, 2.24) is 4.90 Å². The number of hydrogen-bond donors (Lipinski definition) is 1. The molecular weight excluding hydrogens is 260 g/mol. The quantitative estimate of drug-likeness (QED) is 0.855. The maximum atomic E-state index is 12.6. The fourth-order valence-electron chi connectivity index (χ4n) is 2.41. The number of aryl methyl sites for hydroxylation is 1.